The van der Waals surface area contributed by atoms with E-state index in [2.05, 4.69) is 27.4 Å². The number of rotatable bonds is 4. The highest BCUT2D eigenvalue weighted by molar-refractivity contribution is 6.31. The molecule has 140 valence electrons. The molecule has 1 aliphatic heterocycles. The smallest absolute Gasteiger partial charge is 0.255 e. The number of nitrogens with zero attached hydrogens (tertiary/aromatic N) is 3. The molecule has 27 heavy (non-hydrogen) atoms. The lowest BCUT2D eigenvalue weighted by molar-refractivity contribution is 0.102. The third-order valence-electron chi connectivity index (χ3n) is 4.71. The van der Waals surface area contributed by atoms with Gasteiger partial charge in [0.2, 0.25) is 0 Å². The summed E-state index contributed by atoms with van der Waals surface area (Å²) in [5.41, 5.74) is 3.37. The van der Waals surface area contributed by atoms with Crippen molar-refractivity contribution in [2.75, 3.05) is 25.0 Å². The minimum absolute atomic E-state index is 0.207. The SMILES string of the molecule is Cc1c(CN2CCNC(C)C2)cc(Cl)cc1NC(=O)c1ccnc(C#N)c1. The number of aromatic nitrogens is 1. The summed E-state index contributed by atoms with van der Waals surface area (Å²) in [5.74, 6) is -0.291. The number of carbonyl (C=O) groups excluding carboxylic acids is 1. The van der Waals surface area contributed by atoms with Crippen LogP contribution in [0, 0.1) is 18.3 Å². The van der Waals surface area contributed by atoms with E-state index in [0.717, 1.165) is 37.3 Å². The summed E-state index contributed by atoms with van der Waals surface area (Å²) < 4.78 is 0. The topological polar surface area (TPSA) is 81.0 Å². The predicted molar refractivity (Wildman–Crippen MR) is 106 cm³/mol. The van der Waals surface area contributed by atoms with Crippen LogP contribution >= 0.6 is 11.6 Å². The lowest BCUT2D eigenvalue weighted by Gasteiger charge is -2.32. The maximum absolute atomic E-state index is 12.6. The van der Waals surface area contributed by atoms with Crippen molar-refractivity contribution in [3.05, 3.63) is 57.9 Å². The molecule has 2 N–H and O–H groups in total. The predicted octanol–water partition coefficient (Wildman–Crippen LogP) is 2.96. The van der Waals surface area contributed by atoms with Gasteiger partial charge in [-0.2, -0.15) is 5.26 Å². The van der Waals surface area contributed by atoms with Crippen molar-refractivity contribution in [3.63, 3.8) is 0 Å². The number of nitrogens with one attached hydrogen (secondary N) is 2. The van der Waals surface area contributed by atoms with E-state index in [4.69, 9.17) is 16.9 Å². The number of pyridine rings is 1. The van der Waals surface area contributed by atoms with Crippen molar-refractivity contribution in [2.24, 2.45) is 0 Å². The molecule has 1 saturated heterocycles. The van der Waals surface area contributed by atoms with E-state index in [1.807, 2.05) is 19.1 Å². The summed E-state index contributed by atoms with van der Waals surface area (Å²) in [6.07, 6.45) is 1.45. The van der Waals surface area contributed by atoms with E-state index in [9.17, 15) is 4.79 Å². The molecule has 3 rings (SSSR count). The number of piperazine rings is 1. The Kier molecular flexibility index (Phi) is 6.07. The Morgan fingerprint density at radius 2 is 2.30 bits per heavy atom. The van der Waals surface area contributed by atoms with E-state index in [-0.39, 0.29) is 11.6 Å². The van der Waals surface area contributed by atoms with Gasteiger partial charge in [0.05, 0.1) is 0 Å². The normalized spacial score (nSPS) is 17.3. The lowest BCUT2D eigenvalue weighted by Crippen LogP contribution is -2.48. The quantitative estimate of drug-likeness (QED) is 0.848. The zero-order valence-corrected chi connectivity index (χ0v) is 16.2. The van der Waals surface area contributed by atoms with E-state index in [0.29, 0.717) is 22.3 Å². The van der Waals surface area contributed by atoms with Gasteiger partial charge in [0.15, 0.2) is 0 Å². The molecule has 1 amide bonds. The van der Waals surface area contributed by atoms with Crippen molar-refractivity contribution >= 4 is 23.2 Å². The van der Waals surface area contributed by atoms with E-state index < -0.39 is 0 Å². The Morgan fingerprint density at radius 1 is 1.48 bits per heavy atom. The van der Waals surface area contributed by atoms with Gasteiger partial charge in [0, 0.05) is 54.7 Å². The molecular formula is C20H22ClN5O. The van der Waals surface area contributed by atoms with Crippen molar-refractivity contribution in [3.8, 4) is 6.07 Å². The van der Waals surface area contributed by atoms with Crippen LogP contribution in [0.4, 0.5) is 5.69 Å². The van der Waals surface area contributed by atoms with Crippen molar-refractivity contribution < 1.29 is 4.79 Å². The Balaban J connectivity index is 1.80. The van der Waals surface area contributed by atoms with Gasteiger partial charge in [-0.15, -0.1) is 0 Å². The third kappa shape index (κ3) is 4.83. The first kappa shape index (κ1) is 19.3. The zero-order valence-electron chi connectivity index (χ0n) is 15.4. The number of carbonyl (C=O) groups is 1. The first-order chi connectivity index (χ1) is 13.0. The number of halogens is 1. The van der Waals surface area contributed by atoms with Crippen molar-refractivity contribution in [2.45, 2.75) is 26.4 Å². The molecular weight excluding hydrogens is 362 g/mol. The molecule has 1 unspecified atom stereocenters. The molecule has 0 bridgehead atoms. The highest BCUT2D eigenvalue weighted by Crippen LogP contribution is 2.27. The van der Waals surface area contributed by atoms with Crippen molar-refractivity contribution in [1.82, 2.24) is 15.2 Å². The molecule has 2 heterocycles. The number of hydrogen-bond donors (Lipinski definition) is 2. The highest BCUT2D eigenvalue weighted by atomic mass is 35.5. The largest absolute Gasteiger partial charge is 0.322 e. The van der Waals surface area contributed by atoms with Gasteiger partial charge in [-0.3, -0.25) is 9.69 Å². The summed E-state index contributed by atoms with van der Waals surface area (Å²) in [7, 11) is 0. The second-order valence-corrected chi connectivity index (χ2v) is 7.26. The average Bonchev–Trinajstić information content (AvgIpc) is 2.65. The van der Waals surface area contributed by atoms with Gasteiger partial charge in [-0.1, -0.05) is 11.6 Å². The lowest BCUT2D eigenvalue weighted by atomic mass is 10.0. The van der Waals surface area contributed by atoms with Gasteiger partial charge >= 0.3 is 0 Å². The zero-order chi connectivity index (χ0) is 19.4. The second-order valence-electron chi connectivity index (χ2n) is 6.82. The summed E-state index contributed by atoms with van der Waals surface area (Å²) in [4.78, 5) is 18.9. The molecule has 1 fully saturated rings. The van der Waals surface area contributed by atoms with Crippen LogP contribution in [-0.2, 0) is 6.54 Å². The van der Waals surface area contributed by atoms with E-state index in [1.165, 1.54) is 12.3 Å². The Hall–Kier alpha value is -2.46. The van der Waals surface area contributed by atoms with Crippen LogP contribution in [-0.4, -0.2) is 41.5 Å². The fraction of sp³-hybridized carbons (Fsp3) is 0.350. The van der Waals surface area contributed by atoms with Crippen molar-refractivity contribution in [1.29, 1.82) is 5.26 Å². The van der Waals surface area contributed by atoms with Crippen LogP contribution in [0.2, 0.25) is 5.02 Å². The average molecular weight is 384 g/mol. The van der Waals surface area contributed by atoms with Crippen LogP contribution in [0.25, 0.3) is 0 Å². The Labute approximate surface area is 164 Å². The maximum Gasteiger partial charge on any atom is 0.255 e. The summed E-state index contributed by atoms with van der Waals surface area (Å²) in [5, 5.41) is 15.9. The Morgan fingerprint density at radius 3 is 3.04 bits per heavy atom. The molecule has 6 nitrogen and oxygen atoms in total. The monoisotopic (exact) mass is 383 g/mol. The summed E-state index contributed by atoms with van der Waals surface area (Å²) in [6.45, 7) is 7.86. The molecule has 0 aliphatic carbocycles. The number of hydrogen-bond acceptors (Lipinski definition) is 5. The van der Waals surface area contributed by atoms with Gasteiger partial charge in [-0.05, 0) is 49.2 Å². The number of amides is 1. The van der Waals surface area contributed by atoms with E-state index >= 15 is 0 Å². The minimum Gasteiger partial charge on any atom is -0.322 e. The molecule has 7 heteroatoms. The van der Waals surface area contributed by atoms with Gasteiger partial charge in [-0.25, -0.2) is 4.98 Å². The second kappa shape index (κ2) is 8.49. The van der Waals surface area contributed by atoms with E-state index in [1.54, 1.807) is 12.1 Å². The molecule has 1 aromatic heterocycles. The molecule has 1 aromatic carbocycles. The molecule has 2 aromatic rings. The van der Waals surface area contributed by atoms with Crippen LogP contribution in [0.3, 0.4) is 0 Å². The molecule has 1 atom stereocenters. The third-order valence-corrected chi connectivity index (χ3v) is 4.93. The molecule has 1 aliphatic rings. The fourth-order valence-corrected chi connectivity index (χ4v) is 3.49. The van der Waals surface area contributed by atoms with Crippen LogP contribution < -0.4 is 10.6 Å². The molecule has 0 spiro atoms. The first-order valence-electron chi connectivity index (χ1n) is 8.88. The molecule has 0 saturated carbocycles. The van der Waals surface area contributed by atoms with Gasteiger partial charge in [0.1, 0.15) is 11.8 Å². The molecule has 0 radical (unpaired) electrons. The van der Waals surface area contributed by atoms with Crippen LogP contribution in [0.5, 0.6) is 0 Å². The first-order valence-corrected chi connectivity index (χ1v) is 9.26. The summed E-state index contributed by atoms with van der Waals surface area (Å²) >= 11 is 6.31. The number of benzene rings is 1. The Bertz CT molecular complexity index is 892. The van der Waals surface area contributed by atoms with Gasteiger partial charge in [0.25, 0.3) is 5.91 Å². The highest BCUT2D eigenvalue weighted by Gasteiger charge is 2.18. The minimum atomic E-state index is -0.291. The number of nitriles is 1. The maximum atomic E-state index is 12.6. The van der Waals surface area contributed by atoms with Crippen LogP contribution in [0.15, 0.2) is 30.5 Å². The van der Waals surface area contributed by atoms with Gasteiger partial charge < -0.3 is 10.6 Å². The number of anilines is 1. The standard InChI is InChI=1S/C20H22ClN5O/c1-13-11-26(6-5-23-13)12-16-7-17(21)9-19(14(16)2)25-20(27)15-3-4-24-18(8-15)10-22/h3-4,7-9,13,23H,5-6,11-12H2,1-2H3,(H,25,27). The fourth-order valence-electron chi connectivity index (χ4n) is 3.25. The van der Waals surface area contributed by atoms with Crippen LogP contribution in [0.1, 0.15) is 34.1 Å². The summed E-state index contributed by atoms with van der Waals surface area (Å²) in [6, 6.07) is 9.16.